The number of sulfonamides is 1. The highest BCUT2D eigenvalue weighted by molar-refractivity contribution is 7.89. The Morgan fingerprint density at radius 2 is 1.51 bits per heavy atom. The molecule has 0 radical (unpaired) electrons. The average molecular weight is 517 g/mol. The fourth-order valence-corrected chi connectivity index (χ4v) is 5.54. The molecule has 0 unspecified atom stereocenters. The maximum absolute atomic E-state index is 13.3. The molecule has 35 heavy (non-hydrogen) atoms. The number of amides is 3. The molecule has 4 rings (SSSR count). The fourth-order valence-electron chi connectivity index (χ4n) is 3.75. The maximum Gasteiger partial charge on any atom is 0.323 e. The SMILES string of the molecule is O=C(Nc1ccc(S(=O)(=O)N2CCC[C@H]2C(=O)Nc2ccc(Cl)cc2)cc1)Nc1cccc(F)c1. The van der Waals surface area contributed by atoms with E-state index < -0.39 is 33.8 Å². The third-order valence-electron chi connectivity index (χ3n) is 5.42. The molecule has 0 spiro atoms. The van der Waals surface area contributed by atoms with Gasteiger partial charge < -0.3 is 16.0 Å². The molecule has 1 heterocycles. The van der Waals surface area contributed by atoms with E-state index in [2.05, 4.69) is 16.0 Å². The van der Waals surface area contributed by atoms with Crippen molar-refractivity contribution in [1.82, 2.24) is 4.31 Å². The van der Waals surface area contributed by atoms with Gasteiger partial charge in [0, 0.05) is 28.6 Å². The van der Waals surface area contributed by atoms with Crippen LogP contribution in [-0.2, 0) is 14.8 Å². The first-order chi connectivity index (χ1) is 16.7. The van der Waals surface area contributed by atoms with Crippen molar-refractivity contribution in [3.63, 3.8) is 0 Å². The van der Waals surface area contributed by atoms with Crippen molar-refractivity contribution in [2.45, 2.75) is 23.8 Å². The third-order valence-corrected chi connectivity index (χ3v) is 7.59. The Hall–Kier alpha value is -3.47. The molecule has 0 aromatic heterocycles. The van der Waals surface area contributed by atoms with Gasteiger partial charge in [-0.3, -0.25) is 4.79 Å². The summed E-state index contributed by atoms with van der Waals surface area (Å²) in [6.07, 6.45) is 0.955. The quantitative estimate of drug-likeness (QED) is 0.432. The van der Waals surface area contributed by atoms with E-state index in [4.69, 9.17) is 11.6 Å². The molecule has 3 N–H and O–H groups in total. The first-order valence-electron chi connectivity index (χ1n) is 10.7. The molecular formula is C24H22ClFN4O4S. The molecule has 3 amide bonds. The number of hydrogen-bond donors (Lipinski definition) is 3. The minimum absolute atomic E-state index is 0.000202. The monoisotopic (exact) mass is 516 g/mol. The zero-order chi connectivity index (χ0) is 25.0. The summed E-state index contributed by atoms with van der Waals surface area (Å²) in [5.74, 6) is -0.903. The molecule has 0 saturated carbocycles. The zero-order valence-corrected chi connectivity index (χ0v) is 19.9. The van der Waals surface area contributed by atoms with Crippen molar-refractivity contribution in [1.29, 1.82) is 0 Å². The summed E-state index contributed by atoms with van der Waals surface area (Å²) in [5.41, 5.74) is 1.14. The molecule has 0 bridgehead atoms. The normalized spacial score (nSPS) is 16.0. The van der Waals surface area contributed by atoms with Gasteiger partial charge in [-0.25, -0.2) is 17.6 Å². The van der Waals surface area contributed by atoms with Crippen LogP contribution in [0.4, 0.5) is 26.2 Å². The Morgan fingerprint density at radius 3 is 2.20 bits per heavy atom. The van der Waals surface area contributed by atoms with E-state index in [1.807, 2.05) is 0 Å². The van der Waals surface area contributed by atoms with Crippen molar-refractivity contribution in [2.24, 2.45) is 0 Å². The van der Waals surface area contributed by atoms with Gasteiger partial charge in [0.2, 0.25) is 15.9 Å². The van der Waals surface area contributed by atoms with Gasteiger partial charge in [0.25, 0.3) is 0 Å². The smallest absolute Gasteiger partial charge is 0.323 e. The van der Waals surface area contributed by atoms with E-state index in [1.54, 1.807) is 24.3 Å². The molecular weight excluding hydrogens is 495 g/mol. The second-order valence-electron chi connectivity index (χ2n) is 7.88. The van der Waals surface area contributed by atoms with Gasteiger partial charge in [0.1, 0.15) is 11.9 Å². The molecule has 3 aromatic carbocycles. The average Bonchev–Trinajstić information content (AvgIpc) is 3.32. The predicted octanol–water partition coefficient (Wildman–Crippen LogP) is 4.91. The Kier molecular flexibility index (Phi) is 7.34. The van der Waals surface area contributed by atoms with Crippen LogP contribution in [-0.4, -0.2) is 37.2 Å². The number of halogens is 2. The van der Waals surface area contributed by atoms with Crippen molar-refractivity contribution < 1.29 is 22.4 Å². The highest BCUT2D eigenvalue weighted by atomic mass is 35.5. The van der Waals surface area contributed by atoms with Crippen molar-refractivity contribution in [3.05, 3.63) is 83.6 Å². The lowest BCUT2D eigenvalue weighted by Gasteiger charge is -2.23. The number of rotatable bonds is 6. The number of nitrogens with zero attached hydrogens (tertiary/aromatic N) is 1. The van der Waals surface area contributed by atoms with E-state index in [0.29, 0.717) is 29.2 Å². The Labute approximate surface area is 207 Å². The van der Waals surface area contributed by atoms with E-state index in [-0.39, 0.29) is 17.1 Å². The predicted molar refractivity (Wildman–Crippen MR) is 132 cm³/mol. The Morgan fingerprint density at radius 1 is 0.886 bits per heavy atom. The van der Waals surface area contributed by atoms with Gasteiger partial charge in [0.15, 0.2) is 0 Å². The minimum Gasteiger partial charge on any atom is -0.325 e. The third kappa shape index (κ3) is 5.97. The standard InChI is InChI=1S/C24H22ClFN4O4S/c25-16-6-8-18(9-7-16)27-23(31)22-5-2-14-30(22)35(33,34)21-12-10-19(11-13-21)28-24(32)29-20-4-1-3-17(26)15-20/h1,3-4,6-13,15,22H,2,5,14H2,(H,27,31)(H2,28,29,32)/t22-/m0/s1. The summed E-state index contributed by atoms with van der Waals surface area (Å²) < 4.78 is 41.0. The summed E-state index contributed by atoms with van der Waals surface area (Å²) in [6, 6.07) is 16.1. The van der Waals surface area contributed by atoms with Crippen LogP contribution in [0, 0.1) is 5.82 Å². The van der Waals surface area contributed by atoms with Gasteiger partial charge in [-0.15, -0.1) is 0 Å². The van der Waals surface area contributed by atoms with Crippen LogP contribution in [0.15, 0.2) is 77.7 Å². The highest BCUT2D eigenvalue weighted by Gasteiger charge is 2.39. The van der Waals surface area contributed by atoms with Crippen LogP contribution in [0.2, 0.25) is 5.02 Å². The lowest BCUT2D eigenvalue weighted by atomic mass is 10.2. The number of hydrogen-bond acceptors (Lipinski definition) is 4. The van der Waals surface area contributed by atoms with E-state index in [0.717, 1.165) is 0 Å². The second kappa shape index (κ2) is 10.4. The number of carbonyl (C=O) groups is 2. The molecule has 1 aliphatic rings. The van der Waals surface area contributed by atoms with Crippen LogP contribution < -0.4 is 16.0 Å². The van der Waals surface area contributed by atoms with Crippen LogP contribution in [0.5, 0.6) is 0 Å². The summed E-state index contributed by atoms with van der Waals surface area (Å²) in [5, 5.41) is 8.32. The highest BCUT2D eigenvalue weighted by Crippen LogP contribution is 2.28. The summed E-state index contributed by atoms with van der Waals surface area (Å²) >= 11 is 5.87. The first kappa shape index (κ1) is 24.6. The van der Waals surface area contributed by atoms with E-state index >= 15 is 0 Å². The van der Waals surface area contributed by atoms with Gasteiger partial charge in [0.05, 0.1) is 4.90 Å². The lowest BCUT2D eigenvalue weighted by Crippen LogP contribution is -2.43. The molecule has 182 valence electrons. The first-order valence-corrected chi connectivity index (χ1v) is 12.6. The van der Waals surface area contributed by atoms with Crippen LogP contribution in [0.25, 0.3) is 0 Å². The number of benzene rings is 3. The largest absolute Gasteiger partial charge is 0.325 e. The summed E-state index contributed by atoms with van der Waals surface area (Å²) in [4.78, 5) is 25.0. The van der Waals surface area contributed by atoms with Gasteiger partial charge in [-0.05, 0) is 79.6 Å². The van der Waals surface area contributed by atoms with Crippen LogP contribution in [0.1, 0.15) is 12.8 Å². The number of urea groups is 1. The number of nitrogens with one attached hydrogen (secondary N) is 3. The van der Waals surface area contributed by atoms with Crippen molar-refractivity contribution in [2.75, 3.05) is 22.5 Å². The zero-order valence-electron chi connectivity index (χ0n) is 18.4. The van der Waals surface area contributed by atoms with E-state index in [9.17, 15) is 22.4 Å². The second-order valence-corrected chi connectivity index (χ2v) is 10.2. The number of anilines is 3. The maximum atomic E-state index is 13.3. The van der Waals surface area contributed by atoms with E-state index in [1.165, 1.54) is 52.8 Å². The van der Waals surface area contributed by atoms with Crippen molar-refractivity contribution in [3.8, 4) is 0 Å². The van der Waals surface area contributed by atoms with Crippen molar-refractivity contribution >= 4 is 50.6 Å². The minimum atomic E-state index is -3.95. The number of carbonyl (C=O) groups excluding carboxylic acids is 2. The molecule has 11 heteroatoms. The summed E-state index contributed by atoms with van der Waals surface area (Å²) in [7, 11) is -3.95. The molecule has 1 atom stereocenters. The van der Waals surface area contributed by atoms with Gasteiger partial charge >= 0.3 is 6.03 Å². The Bertz CT molecular complexity index is 1330. The van der Waals surface area contributed by atoms with Crippen LogP contribution in [0.3, 0.4) is 0 Å². The van der Waals surface area contributed by atoms with Gasteiger partial charge in [-0.1, -0.05) is 17.7 Å². The van der Waals surface area contributed by atoms with Gasteiger partial charge in [-0.2, -0.15) is 4.31 Å². The summed E-state index contributed by atoms with van der Waals surface area (Å²) in [6.45, 7) is 0.219. The molecule has 1 saturated heterocycles. The molecule has 8 nitrogen and oxygen atoms in total. The molecule has 1 fully saturated rings. The topological polar surface area (TPSA) is 108 Å². The fraction of sp³-hybridized carbons (Fsp3) is 0.167. The Balaban J connectivity index is 1.42. The van der Waals surface area contributed by atoms with Crippen LogP contribution >= 0.6 is 11.6 Å². The molecule has 0 aliphatic carbocycles. The lowest BCUT2D eigenvalue weighted by molar-refractivity contribution is -0.119. The molecule has 3 aromatic rings. The molecule has 1 aliphatic heterocycles.